The van der Waals surface area contributed by atoms with Gasteiger partial charge in [0.15, 0.2) is 11.5 Å². The van der Waals surface area contributed by atoms with Crippen LogP contribution in [0.15, 0.2) is 42.4 Å². The number of hydrogen-bond donors (Lipinski definition) is 2. The molecule has 2 aromatic rings. The number of hydrogen-bond acceptors (Lipinski definition) is 7. The SMILES string of the molecule is CN(Cc1ccncn1)C(=O)C1=C[C@@]23CC[C@]1(O)[C@@H]1Oc4c(O)ccc5c4[C@@]12CCN(CC1CC1)[C@@H]3C5. The summed E-state index contributed by atoms with van der Waals surface area (Å²) >= 11 is 0. The molecule has 5 atom stereocenters. The minimum atomic E-state index is -1.41. The Hall–Kier alpha value is -2.97. The van der Waals surface area contributed by atoms with Gasteiger partial charge in [0.1, 0.15) is 18.0 Å². The van der Waals surface area contributed by atoms with Gasteiger partial charge in [-0.15, -0.1) is 0 Å². The molecule has 1 aromatic heterocycles. The molecule has 2 aliphatic heterocycles. The van der Waals surface area contributed by atoms with Crippen molar-refractivity contribution < 1.29 is 19.7 Å². The van der Waals surface area contributed by atoms with Gasteiger partial charge in [-0.25, -0.2) is 9.97 Å². The van der Waals surface area contributed by atoms with E-state index in [-0.39, 0.29) is 23.1 Å². The van der Waals surface area contributed by atoms with E-state index in [2.05, 4.69) is 27.0 Å². The molecule has 8 nitrogen and oxygen atoms in total. The molecule has 0 radical (unpaired) electrons. The van der Waals surface area contributed by atoms with Gasteiger partial charge in [-0.3, -0.25) is 9.69 Å². The fraction of sp³-hybridized carbons (Fsp3) is 0.552. The Morgan fingerprint density at radius 2 is 2.11 bits per heavy atom. The molecule has 3 heterocycles. The highest BCUT2D eigenvalue weighted by molar-refractivity contribution is 5.97. The van der Waals surface area contributed by atoms with Crippen molar-refractivity contribution in [1.82, 2.24) is 19.8 Å². The van der Waals surface area contributed by atoms with Gasteiger partial charge in [-0.2, -0.15) is 0 Å². The number of ether oxygens (including phenoxy) is 1. The van der Waals surface area contributed by atoms with Gasteiger partial charge in [-0.1, -0.05) is 12.1 Å². The van der Waals surface area contributed by atoms with E-state index in [4.69, 9.17) is 4.74 Å². The standard InChI is InChI=1S/C29H32N4O4/c1-32(15-19-6-10-30-16-31-19)25(35)20-13-27-7-8-29(20,36)26-28(27)9-11-33(14-17-2-3-17)22(27)12-18-4-5-21(34)24(37-26)23(18)28/h4-6,10,13,16-17,22,26,34,36H,2-3,7-9,11-12,14-15H2,1H3/t22-,26-,27-,28+,29-/m1/s1. The third-order valence-corrected chi connectivity index (χ3v) is 10.5. The fourth-order valence-electron chi connectivity index (χ4n) is 8.73. The van der Waals surface area contributed by atoms with Gasteiger partial charge in [0.2, 0.25) is 0 Å². The number of likely N-dealkylation sites (tertiary alicyclic amines) is 1. The van der Waals surface area contributed by atoms with Gasteiger partial charge in [0, 0.05) is 42.4 Å². The van der Waals surface area contributed by atoms with Gasteiger partial charge >= 0.3 is 0 Å². The summed E-state index contributed by atoms with van der Waals surface area (Å²) in [6.07, 6.45) is 10.4. The van der Waals surface area contributed by atoms with Gasteiger partial charge in [0.25, 0.3) is 5.91 Å². The highest BCUT2D eigenvalue weighted by Crippen LogP contribution is 2.74. The monoisotopic (exact) mass is 500 g/mol. The van der Waals surface area contributed by atoms with Crippen molar-refractivity contribution in [2.75, 3.05) is 20.1 Å². The molecule has 1 saturated heterocycles. The maximum Gasteiger partial charge on any atom is 0.252 e. The van der Waals surface area contributed by atoms with Gasteiger partial charge in [-0.05, 0) is 68.7 Å². The van der Waals surface area contributed by atoms with E-state index in [0.717, 1.165) is 49.5 Å². The summed E-state index contributed by atoms with van der Waals surface area (Å²) in [6, 6.07) is 5.84. The van der Waals surface area contributed by atoms with Crippen LogP contribution in [0, 0.1) is 11.3 Å². The first-order valence-electron chi connectivity index (χ1n) is 13.6. The molecule has 2 spiro atoms. The van der Waals surface area contributed by atoms with Crippen LogP contribution in [0.5, 0.6) is 11.5 Å². The third-order valence-electron chi connectivity index (χ3n) is 10.5. The summed E-state index contributed by atoms with van der Waals surface area (Å²) < 4.78 is 6.60. The molecule has 3 fully saturated rings. The lowest BCUT2D eigenvalue weighted by Gasteiger charge is -2.70. The first kappa shape index (κ1) is 22.1. The Morgan fingerprint density at radius 1 is 1.24 bits per heavy atom. The first-order valence-corrected chi connectivity index (χ1v) is 13.6. The number of nitrogens with zero attached hydrogens (tertiary/aromatic N) is 4. The van der Waals surface area contributed by atoms with Crippen molar-refractivity contribution in [3.05, 3.63) is 59.2 Å². The lowest BCUT2D eigenvalue weighted by atomic mass is 9.38. The lowest BCUT2D eigenvalue weighted by Crippen LogP contribution is -2.78. The van der Waals surface area contributed by atoms with E-state index < -0.39 is 17.1 Å². The first-order chi connectivity index (χ1) is 17.9. The number of aliphatic hydroxyl groups is 1. The van der Waals surface area contributed by atoms with Crippen LogP contribution < -0.4 is 4.74 Å². The number of phenols is 1. The largest absolute Gasteiger partial charge is 0.504 e. The fourth-order valence-corrected chi connectivity index (χ4v) is 8.73. The second-order valence-electron chi connectivity index (χ2n) is 12.2. The molecule has 37 heavy (non-hydrogen) atoms. The molecular formula is C29H32N4O4. The second-order valence-corrected chi connectivity index (χ2v) is 12.2. The summed E-state index contributed by atoms with van der Waals surface area (Å²) in [7, 11) is 1.76. The molecule has 1 aromatic carbocycles. The smallest absolute Gasteiger partial charge is 0.252 e. The Balaban J connectivity index is 1.28. The van der Waals surface area contributed by atoms with Crippen molar-refractivity contribution in [3.8, 4) is 11.5 Å². The summed E-state index contributed by atoms with van der Waals surface area (Å²) in [6.45, 7) is 2.39. The van der Waals surface area contributed by atoms with E-state index in [1.54, 1.807) is 30.3 Å². The predicted octanol–water partition coefficient (Wildman–Crippen LogP) is 2.33. The van der Waals surface area contributed by atoms with Crippen LogP contribution in [0.1, 0.15) is 48.9 Å². The normalized spacial score (nSPS) is 36.5. The number of aromatic nitrogens is 2. The number of carbonyl (C=O) groups excluding carboxylic acids is 1. The Bertz CT molecular complexity index is 1360. The van der Waals surface area contributed by atoms with Crippen LogP contribution in [0.4, 0.5) is 0 Å². The zero-order chi connectivity index (χ0) is 25.2. The summed E-state index contributed by atoms with van der Waals surface area (Å²) in [5.74, 6) is 1.24. The molecule has 2 N–H and O–H groups in total. The molecule has 8 heteroatoms. The second kappa shape index (κ2) is 7.11. The van der Waals surface area contributed by atoms with Crippen molar-refractivity contribution in [3.63, 3.8) is 0 Å². The summed E-state index contributed by atoms with van der Waals surface area (Å²) in [5.41, 5.74) is 1.36. The number of aromatic hydroxyl groups is 1. The molecular weight excluding hydrogens is 468 g/mol. The number of amides is 1. The number of rotatable bonds is 5. The minimum absolute atomic E-state index is 0.133. The van der Waals surface area contributed by atoms with Crippen LogP contribution >= 0.6 is 0 Å². The maximum absolute atomic E-state index is 14.0. The van der Waals surface area contributed by atoms with E-state index >= 15 is 0 Å². The van der Waals surface area contributed by atoms with Gasteiger partial charge in [0.05, 0.1) is 17.7 Å². The summed E-state index contributed by atoms with van der Waals surface area (Å²) in [4.78, 5) is 26.6. The van der Waals surface area contributed by atoms with Crippen LogP contribution in [-0.4, -0.2) is 73.8 Å². The van der Waals surface area contributed by atoms with E-state index in [9.17, 15) is 15.0 Å². The van der Waals surface area contributed by atoms with E-state index in [1.807, 2.05) is 0 Å². The summed E-state index contributed by atoms with van der Waals surface area (Å²) in [5, 5.41) is 23.3. The zero-order valence-electron chi connectivity index (χ0n) is 21.1. The third kappa shape index (κ3) is 2.63. The molecule has 5 aliphatic carbocycles. The Morgan fingerprint density at radius 3 is 2.89 bits per heavy atom. The molecule has 9 rings (SSSR count). The van der Waals surface area contributed by atoms with E-state index in [0.29, 0.717) is 24.3 Å². The Labute approximate surface area is 216 Å². The van der Waals surface area contributed by atoms with Crippen LogP contribution in [0.2, 0.25) is 0 Å². The van der Waals surface area contributed by atoms with Crippen molar-refractivity contribution in [2.24, 2.45) is 11.3 Å². The topological polar surface area (TPSA) is 99.0 Å². The maximum atomic E-state index is 14.0. The number of benzene rings is 1. The van der Waals surface area contributed by atoms with Gasteiger partial charge < -0.3 is 19.8 Å². The van der Waals surface area contributed by atoms with Crippen molar-refractivity contribution in [1.29, 1.82) is 0 Å². The average Bonchev–Trinajstić information content (AvgIpc) is 3.64. The average molecular weight is 501 g/mol. The number of likely N-dealkylation sites (N-methyl/N-ethyl adjacent to an activating group) is 1. The molecule has 7 aliphatic rings. The number of phenolic OH excluding ortho intramolecular Hbond substituents is 1. The highest BCUT2D eigenvalue weighted by Gasteiger charge is 2.78. The van der Waals surface area contributed by atoms with Crippen LogP contribution in [-0.2, 0) is 23.2 Å². The molecule has 4 bridgehead atoms. The number of piperidine rings is 1. The molecule has 0 unspecified atom stereocenters. The molecule has 2 saturated carbocycles. The van der Waals surface area contributed by atoms with Crippen molar-refractivity contribution >= 4 is 5.91 Å². The van der Waals surface area contributed by atoms with Crippen molar-refractivity contribution in [2.45, 2.75) is 68.2 Å². The Kier molecular flexibility index (Phi) is 4.24. The lowest BCUT2D eigenvalue weighted by molar-refractivity contribution is -0.188. The molecule has 192 valence electrons. The van der Waals surface area contributed by atoms with E-state index in [1.165, 1.54) is 24.7 Å². The molecule has 1 amide bonds. The highest BCUT2D eigenvalue weighted by atomic mass is 16.5. The van der Waals surface area contributed by atoms with Crippen LogP contribution in [0.3, 0.4) is 0 Å². The quantitative estimate of drug-likeness (QED) is 0.650. The minimum Gasteiger partial charge on any atom is -0.504 e. The predicted molar refractivity (Wildman–Crippen MR) is 134 cm³/mol. The zero-order valence-corrected chi connectivity index (χ0v) is 21.1. The number of carbonyl (C=O) groups is 1. The number of fused-ring (bicyclic) bond motifs is 1. The van der Waals surface area contributed by atoms with Crippen LogP contribution in [0.25, 0.3) is 0 Å².